The number of carbonyl (C=O) groups excluding carboxylic acids is 1. The van der Waals surface area contributed by atoms with Crippen LogP contribution in [-0.2, 0) is 10.2 Å². The van der Waals surface area contributed by atoms with Gasteiger partial charge in [-0.05, 0) is 110 Å². The number of ether oxygens (including phenoxy) is 1. The molecule has 5 fully saturated rings. The van der Waals surface area contributed by atoms with Crippen molar-refractivity contribution in [2.24, 2.45) is 11.3 Å². The highest BCUT2D eigenvalue weighted by Crippen LogP contribution is 2.45. The molecular weight excluding hydrogens is 660 g/mol. The van der Waals surface area contributed by atoms with Crippen LogP contribution in [0, 0.1) is 17.2 Å². The summed E-state index contributed by atoms with van der Waals surface area (Å²) in [5, 5.41) is 3.38. The number of benzene rings is 1. The van der Waals surface area contributed by atoms with Crippen molar-refractivity contribution in [1.82, 2.24) is 34.1 Å². The Morgan fingerprint density at radius 3 is 2.46 bits per heavy atom. The van der Waals surface area contributed by atoms with Crippen LogP contribution in [0.1, 0.15) is 83.0 Å². The topological polar surface area (TPSA) is 123 Å². The van der Waals surface area contributed by atoms with E-state index in [9.17, 15) is 17.6 Å². The molecule has 12 nitrogen and oxygen atoms in total. The second-order valence-corrected chi connectivity index (χ2v) is 17.6. The van der Waals surface area contributed by atoms with Crippen LogP contribution in [-0.4, -0.2) is 114 Å². The van der Waals surface area contributed by atoms with Crippen molar-refractivity contribution in [3.63, 3.8) is 0 Å². The zero-order chi connectivity index (χ0) is 35.2. The van der Waals surface area contributed by atoms with Crippen molar-refractivity contribution in [2.45, 2.75) is 103 Å². The summed E-state index contributed by atoms with van der Waals surface area (Å²) in [6.45, 7) is 14.1. The van der Waals surface area contributed by atoms with Gasteiger partial charge < -0.3 is 24.8 Å². The highest BCUT2D eigenvalue weighted by atomic mass is 32.2. The van der Waals surface area contributed by atoms with Crippen molar-refractivity contribution < 1.29 is 22.3 Å². The van der Waals surface area contributed by atoms with Crippen molar-refractivity contribution in [3.8, 4) is 11.5 Å². The van der Waals surface area contributed by atoms with Gasteiger partial charge in [0.2, 0.25) is 0 Å². The van der Waals surface area contributed by atoms with E-state index in [0.717, 1.165) is 84.2 Å². The normalized spacial score (nSPS) is 26.9. The largest absolute Gasteiger partial charge is 0.451 e. The molecule has 4 aliphatic heterocycles. The van der Waals surface area contributed by atoms with Crippen molar-refractivity contribution in [2.75, 3.05) is 50.7 Å². The SMILES string of the molecule is CC(C)N(C(=O)c1cc(F)ccc1Oc1cncnc1N1CC2(CCN(CC3CCC(NS(=O)(=O)N4C[C@@H]5C[C@H]4CN5)CC3)CC2)C1)C(C)C. The summed E-state index contributed by atoms with van der Waals surface area (Å²) < 4.78 is 51.5. The first-order valence-electron chi connectivity index (χ1n) is 18.5. The Hall–Kier alpha value is -2.91. The molecule has 1 aromatic carbocycles. The van der Waals surface area contributed by atoms with Gasteiger partial charge in [-0.15, -0.1) is 0 Å². The Labute approximate surface area is 296 Å². The number of rotatable bonds is 11. The molecule has 5 heterocycles. The lowest BCUT2D eigenvalue weighted by molar-refractivity contribution is 0.0617. The molecule has 274 valence electrons. The lowest BCUT2D eigenvalue weighted by atomic mass is 9.71. The van der Waals surface area contributed by atoms with Gasteiger partial charge >= 0.3 is 0 Å². The van der Waals surface area contributed by atoms with Crippen molar-refractivity contribution >= 4 is 21.9 Å². The number of piperazine rings is 1. The van der Waals surface area contributed by atoms with Gasteiger partial charge in [0.05, 0.1) is 11.8 Å². The van der Waals surface area contributed by atoms with Gasteiger partial charge in [-0.1, -0.05) is 0 Å². The van der Waals surface area contributed by atoms with E-state index in [1.165, 1.54) is 24.5 Å². The van der Waals surface area contributed by atoms with E-state index in [1.807, 2.05) is 27.7 Å². The number of nitrogens with zero attached hydrogens (tertiary/aromatic N) is 6. The molecule has 2 aromatic rings. The quantitative estimate of drug-likeness (QED) is 0.356. The number of halogens is 1. The molecule has 7 rings (SSSR count). The first-order valence-corrected chi connectivity index (χ1v) is 19.9. The van der Waals surface area contributed by atoms with Crippen LogP contribution in [0.2, 0.25) is 0 Å². The summed E-state index contributed by atoms with van der Waals surface area (Å²) in [5.41, 5.74) is 0.404. The summed E-state index contributed by atoms with van der Waals surface area (Å²) in [4.78, 5) is 28.9. The average molecular weight is 713 g/mol. The molecule has 2 N–H and O–H groups in total. The molecule has 50 heavy (non-hydrogen) atoms. The molecule has 4 saturated heterocycles. The minimum atomic E-state index is -3.42. The van der Waals surface area contributed by atoms with Crippen LogP contribution >= 0.6 is 0 Å². The Balaban J connectivity index is 0.900. The van der Waals surface area contributed by atoms with Gasteiger partial charge in [0.1, 0.15) is 17.9 Å². The van der Waals surface area contributed by atoms with Crippen LogP contribution in [0.15, 0.2) is 30.7 Å². The minimum Gasteiger partial charge on any atom is -0.451 e. The van der Waals surface area contributed by atoms with E-state index in [1.54, 1.807) is 15.4 Å². The highest BCUT2D eigenvalue weighted by molar-refractivity contribution is 7.87. The number of amides is 1. The number of carbonyl (C=O) groups is 1. The second kappa shape index (κ2) is 14.3. The number of fused-ring (bicyclic) bond motifs is 2. The fourth-order valence-electron chi connectivity index (χ4n) is 9.06. The molecule has 1 amide bonds. The van der Waals surface area contributed by atoms with Gasteiger partial charge in [0.25, 0.3) is 16.1 Å². The van der Waals surface area contributed by atoms with E-state index >= 15 is 0 Å². The Kier molecular flexibility index (Phi) is 10.1. The number of hydrogen-bond acceptors (Lipinski definition) is 9. The maximum atomic E-state index is 14.4. The number of hydrogen-bond donors (Lipinski definition) is 2. The lowest BCUT2D eigenvalue weighted by Gasteiger charge is -2.54. The van der Waals surface area contributed by atoms with Crippen LogP contribution in [0.3, 0.4) is 0 Å². The van der Waals surface area contributed by atoms with E-state index < -0.39 is 16.0 Å². The lowest BCUT2D eigenvalue weighted by Crippen LogP contribution is -2.61. The third kappa shape index (κ3) is 7.37. The summed E-state index contributed by atoms with van der Waals surface area (Å²) in [7, 11) is -3.42. The Morgan fingerprint density at radius 2 is 1.82 bits per heavy atom. The van der Waals surface area contributed by atoms with E-state index in [0.29, 0.717) is 30.1 Å². The smallest absolute Gasteiger partial charge is 0.280 e. The number of aromatic nitrogens is 2. The van der Waals surface area contributed by atoms with E-state index in [2.05, 4.69) is 29.8 Å². The number of anilines is 1. The number of nitrogens with one attached hydrogen (secondary N) is 2. The van der Waals surface area contributed by atoms with Crippen molar-refractivity contribution in [1.29, 1.82) is 0 Å². The predicted molar refractivity (Wildman–Crippen MR) is 190 cm³/mol. The van der Waals surface area contributed by atoms with Gasteiger partial charge in [-0.25, -0.2) is 14.4 Å². The van der Waals surface area contributed by atoms with Crippen LogP contribution in [0.5, 0.6) is 11.5 Å². The molecule has 2 bridgehead atoms. The fourth-order valence-corrected chi connectivity index (χ4v) is 10.8. The zero-order valence-corrected chi connectivity index (χ0v) is 30.7. The summed E-state index contributed by atoms with van der Waals surface area (Å²) in [6.07, 6.45) is 10.2. The molecule has 1 aromatic heterocycles. The third-order valence-corrected chi connectivity index (χ3v) is 13.4. The zero-order valence-electron chi connectivity index (χ0n) is 29.9. The Morgan fingerprint density at radius 1 is 1.10 bits per heavy atom. The molecule has 1 saturated carbocycles. The fraction of sp³-hybridized carbons (Fsp3) is 0.694. The van der Waals surface area contributed by atoms with Crippen LogP contribution in [0.25, 0.3) is 0 Å². The van der Waals surface area contributed by atoms with Gasteiger partial charge in [0, 0.05) is 68.3 Å². The second-order valence-electron chi connectivity index (χ2n) is 15.9. The first kappa shape index (κ1) is 35.5. The van der Waals surface area contributed by atoms with Crippen molar-refractivity contribution in [3.05, 3.63) is 42.1 Å². The molecular formula is C36H53FN8O4S. The van der Waals surface area contributed by atoms with Gasteiger partial charge in [0.15, 0.2) is 11.6 Å². The molecule has 1 aliphatic carbocycles. The molecule has 0 radical (unpaired) electrons. The monoisotopic (exact) mass is 712 g/mol. The summed E-state index contributed by atoms with van der Waals surface area (Å²) in [6, 6.07) is 4.38. The Bertz CT molecular complexity index is 1630. The molecule has 0 unspecified atom stereocenters. The molecule has 5 aliphatic rings. The van der Waals surface area contributed by atoms with Gasteiger partial charge in [-0.2, -0.15) is 17.4 Å². The average Bonchev–Trinajstić information content (AvgIpc) is 3.71. The molecule has 1 spiro atoms. The standard InChI is InChI=1S/C36H53FN8O4S/c1-24(2)45(25(3)4)35(46)31-15-27(37)7-10-32(31)49-33-18-38-23-40-34(33)43-21-36(22-43)11-13-42(14-12-36)19-26-5-8-28(9-6-26)41-50(47,48)44-20-29-16-30(44)17-39-29/h7,10,15,18,23-26,28-30,39,41H,5-6,8-9,11-14,16-17,19-22H2,1-4H3/t26?,28?,29-,30-/m0/s1. The molecule has 2 atom stereocenters. The summed E-state index contributed by atoms with van der Waals surface area (Å²) in [5.74, 6) is 1.24. The number of piperidine rings is 1. The first-order chi connectivity index (χ1) is 23.9. The third-order valence-electron chi connectivity index (χ3n) is 11.7. The van der Waals surface area contributed by atoms with Crippen LogP contribution < -0.4 is 19.7 Å². The van der Waals surface area contributed by atoms with Crippen LogP contribution in [0.4, 0.5) is 10.2 Å². The van der Waals surface area contributed by atoms with Gasteiger partial charge in [-0.3, -0.25) is 4.79 Å². The number of likely N-dealkylation sites (tertiary alicyclic amines) is 1. The highest BCUT2D eigenvalue weighted by Gasteiger charge is 2.47. The maximum Gasteiger partial charge on any atom is 0.280 e. The van der Waals surface area contributed by atoms with E-state index in [-0.39, 0.29) is 46.8 Å². The van der Waals surface area contributed by atoms with E-state index in [4.69, 9.17) is 4.74 Å². The maximum absolute atomic E-state index is 14.4. The summed E-state index contributed by atoms with van der Waals surface area (Å²) >= 11 is 0. The predicted octanol–water partition coefficient (Wildman–Crippen LogP) is 4.01. The molecule has 14 heteroatoms. The minimum absolute atomic E-state index is 0.0366.